The van der Waals surface area contributed by atoms with E-state index in [1.54, 1.807) is 6.21 Å². The summed E-state index contributed by atoms with van der Waals surface area (Å²) in [6, 6.07) is 18.5. The molecule has 0 aliphatic carbocycles. The summed E-state index contributed by atoms with van der Waals surface area (Å²) >= 11 is 1.49. The molecule has 1 heterocycles. The van der Waals surface area contributed by atoms with Crippen LogP contribution in [0.2, 0.25) is 0 Å². The van der Waals surface area contributed by atoms with Crippen LogP contribution in [0.4, 0.5) is 0 Å². The van der Waals surface area contributed by atoms with Crippen molar-refractivity contribution in [2.75, 3.05) is 5.75 Å². The lowest BCUT2D eigenvalue weighted by atomic mass is 10.1. The molecule has 1 aromatic heterocycles. The first kappa shape index (κ1) is 20.0. The fraction of sp³-hybridized carbons (Fsp3) is 0.217. The Morgan fingerprint density at radius 3 is 2.39 bits per heavy atom. The fourth-order valence-corrected chi connectivity index (χ4v) is 3.98. The third kappa shape index (κ3) is 4.93. The van der Waals surface area contributed by atoms with Gasteiger partial charge >= 0.3 is 0 Å². The number of nitrogens with zero attached hydrogens (tertiary/aromatic N) is 2. The Kier molecular flexibility index (Phi) is 6.37. The zero-order chi connectivity index (χ0) is 20.1. The second-order valence-corrected chi connectivity index (χ2v) is 7.95. The molecule has 0 aliphatic rings. The Morgan fingerprint density at radius 1 is 1.04 bits per heavy atom. The third-order valence-corrected chi connectivity index (χ3v) is 5.45. The zero-order valence-corrected chi connectivity index (χ0v) is 17.5. The van der Waals surface area contributed by atoms with Crippen LogP contribution in [-0.4, -0.2) is 22.4 Å². The predicted octanol–water partition coefficient (Wildman–Crippen LogP) is 4.95. The molecule has 28 heavy (non-hydrogen) atoms. The smallest absolute Gasteiger partial charge is 0.250 e. The van der Waals surface area contributed by atoms with Crippen LogP contribution < -0.4 is 5.43 Å². The summed E-state index contributed by atoms with van der Waals surface area (Å²) in [5, 5.41) is 4.15. The van der Waals surface area contributed by atoms with E-state index in [4.69, 9.17) is 0 Å². The molecule has 3 aromatic rings. The van der Waals surface area contributed by atoms with Crippen LogP contribution in [0, 0.1) is 27.7 Å². The Bertz CT molecular complexity index is 986. The van der Waals surface area contributed by atoms with Crippen molar-refractivity contribution in [2.45, 2.75) is 32.6 Å². The first-order valence-corrected chi connectivity index (χ1v) is 10.2. The van der Waals surface area contributed by atoms with Gasteiger partial charge in [-0.25, -0.2) is 5.43 Å². The highest BCUT2D eigenvalue weighted by Crippen LogP contribution is 2.22. The number of carbonyl (C=O) groups excluding carboxylic acids is 1. The number of aromatic nitrogens is 1. The van der Waals surface area contributed by atoms with Gasteiger partial charge in [0.15, 0.2) is 0 Å². The van der Waals surface area contributed by atoms with E-state index in [9.17, 15) is 4.79 Å². The van der Waals surface area contributed by atoms with E-state index in [0.717, 1.165) is 27.5 Å². The zero-order valence-electron chi connectivity index (χ0n) is 16.7. The molecule has 1 N–H and O–H groups in total. The molecule has 0 bridgehead atoms. The maximum Gasteiger partial charge on any atom is 0.250 e. The van der Waals surface area contributed by atoms with E-state index in [1.165, 1.54) is 22.9 Å². The Morgan fingerprint density at radius 2 is 1.71 bits per heavy atom. The lowest BCUT2D eigenvalue weighted by Gasteiger charge is -2.11. The molecule has 3 rings (SSSR count). The van der Waals surface area contributed by atoms with Gasteiger partial charge in [0.05, 0.1) is 12.0 Å². The summed E-state index contributed by atoms with van der Waals surface area (Å²) in [6.07, 6.45) is 1.71. The van der Waals surface area contributed by atoms with Crippen molar-refractivity contribution in [1.82, 2.24) is 9.99 Å². The van der Waals surface area contributed by atoms with Gasteiger partial charge in [-0.1, -0.05) is 24.3 Å². The van der Waals surface area contributed by atoms with Crippen molar-refractivity contribution in [2.24, 2.45) is 5.10 Å². The minimum atomic E-state index is -0.117. The monoisotopic (exact) mass is 391 g/mol. The van der Waals surface area contributed by atoms with E-state index in [2.05, 4.69) is 67.1 Å². The topological polar surface area (TPSA) is 46.4 Å². The first-order valence-electron chi connectivity index (χ1n) is 9.21. The molecule has 0 aliphatic heterocycles. The number of benzene rings is 2. The summed E-state index contributed by atoms with van der Waals surface area (Å²) in [7, 11) is 0. The number of aryl methyl sites for hydroxylation is 3. The standard InChI is InChI=1S/C23H25N3OS/c1-16-10-17(2)12-21(11-16)26-18(3)13-20(19(26)4)14-24-25-23(27)15-28-22-8-6-5-7-9-22/h5-14H,15H2,1-4H3,(H,25,27)/b24-14-. The SMILES string of the molecule is Cc1cc(C)cc(-n2c(C)cc(/C=N\NC(=O)CSc3ccccc3)c2C)c1. The molecule has 0 fully saturated rings. The van der Waals surface area contributed by atoms with Crippen molar-refractivity contribution in [3.8, 4) is 5.69 Å². The molecular weight excluding hydrogens is 366 g/mol. The van der Waals surface area contributed by atoms with Gasteiger partial charge in [0.1, 0.15) is 0 Å². The van der Waals surface area contributed by atoms with Gasteiger partial charge in [-0.3, -0.25) is 4.79 Å². The van der Waals surface area contributed by atoms with Crippen LogP contribution in [-0.2, 0) is 4.79 Å². The largest absolute Gasteiger partial charge is 0.318 e. The molecule has 0 radical (unpaired) electrons. The molecule has 0 spiro atoms. The van der Waals surface area contributed by atoms with Gasteiger partial charge in [0, 0.05) is 27.5 Å². The van der Waals surface area contributed by atoms with E-state index in [0.29, 0.717) is 5.75 Å². The number of thioether (sulfide) groups is 1. The van der Waals surface area contributed by atoms with Crippen molar-refractivity contribution < 1.29 is 4.79 Å². The van der Waals surface area contributed by atoms with Gasteiger partial charge in [-0.15, -0.1) is 11.8 Å². The Labute approximate surface area is 170 Å². The molecule has 144 valence electrons. The van der Waals surface area contributed by atoms with Crippen molar-refractivity contribution in [1.29, 1.82) is 0 Å². The maximum atomic E-state index is 12.0. The van der Waals surface area contributed by atoms with Crippen LogP contribution in [0.1, 0.15) is 28.1 Å². The van der Waals surface area contributed by atoms with Gasteiger partial charge in [-0.2, -0.15) is 5.10 Å². The second-order valence-electron chi connectivity index (χ2n) is 6.90. The van der Waals surface area contributed by atoms with Gasteiger partial charge in [0.25, 0.3) is 0 Å². The summed E-state index contributed by atoms with van der Waals surface area (Å²) in [6.45, 7) is 8.36. The third-order valence-electron chi connectivity index (χ3n) is 4.44. The van der Waals surface area contributed by atoms with Crippen LogP contribution >= 0.6 is 11.8 Å². The van der Waals surface area contributed by atoms with Crippen LogP contribution in [0.15, 0.2) is 64.6 Å². The van der Waals surface area contributed by atoms with E-state index in [-0.39, 0.29) is 5.91 Å². The van der Waals surface area contributed by atoms with Crippen LogP contribution in [0.5, 0.6) is 0 Å². The van der Waals surface area contributed by atoms with Crippen molar-refractivity contribution in [3.05, 3.63) is 82.7 Å². The van der Waals surface area contributed by atoms with E-state index >= 15 is 0 Å². The van der Waals surface area contributed by atoms with Crippen molar-refractivity contribution in [3.63, 3.8) is 0 Å². The molecule has 0 saturated carbocycles. The highest BCUT2D eigenvalue weighted by Gasteiger charge is 2.10. The minimum absolute atomic E-state index is 0.117. The Hall–Kier alpha value is -2.79. The van der Waals surface area contributed by atoms with Gasteiger partial charge in [0.2, 0.25) is 5.91 Å². The lowest BCUT2D eigenvalue weighted by molar-refractivity contribution is -0.118. The molecule has 2 aromatic carbocycles. The van der Waals surface area contributed by atoms with E-state index < -0.39 is 0 Å². The van der Waals surface area contributed by atoms with Gasteiger partial charge < -0.3 is 4.57 Å². The molecule has 0 unspecified atom stereocenters. The summed E-state index contributed by atoms with van der Waals surface area (Å²) in [4.78, 5) is 13.1. The molecule has 0 atom stereocenters. The second kappa shape index (κ2) is 8.93. The predicted molar refractivity (Wildman–Crippen MR) is 118 cm³/mol. The van der Waals surface area contributed by atoms with Crippen LogP contribution in [0.3, 0.4) is 0 Å². The number of rotatable bonds is 6. The summed E-state index contributed by atoms with van der Waals surface area (Å²) < 4.78 is 2.22. The molecule has 0 saturated heterocycles. The van der Waals surface area contributed by atoms with Crippen LogP contribution in [0.25, 0.3) is 5.69 Å². The van der Waals surface area contributed by atoms with E-state index in [1.807, 2.05) is 30.3 Å². The Balaban J connectivity index is 1.67. The number of nitrogens with one attached hydrogen (secondary N) is 1. The molecule has 4 nitrogen and oxygen atoms in total. The number of hydrazone groups is 1. The van der Waals surface area contributed by atoms with Crippen molar-refractivity contribution >= 4 is 23.9 Å². The van der Waals surface area contributed by atoms with Gasteiger partial charge in [-0.05, 0) is 69.2 Å². The minimum Gasteiger partial charge on any atom is -0.318 e. The highest BCUT2D eigenvalue weighted by atomic mass is 32.2. The molecule has 1 amide bonds. The maximum absolute atomic E-state index is 12.0. The average Bonchev–Trinajstić information content (AvgIpc) is 2.93. The summed E-state index contributed by atoms with van der Waals surface area (Å²) in [5.74, 6) is 0.219. The molecular formula is C23H25N3OS. The summed E-state index contributed by atoms with van der Waals surface area (Å²) in [5.41, 5.74) is 9.46. The number of hydrogen-bond acceptors (Lipinski definition) is 3. The average molecular weight is 392 g/mol. The number of carbonyl (C=O) groups is 1. The number of hydrogen-bond donors (Lipinski definition) is 1. The quantitative estimate of drug-likeness (QED) is 0.367. The fourth-order valence-electron chi connectivity index (χ4n) is 3.27. The first-order chi connectivity index (χ1) is 13.4. The lowest BCUT2D eigenvalue weighted by Crippen LogP contribution is -2.19. The highest BCUT2D eigenvalue weighted by molar-refractivity contribution is 8.00. The molecule has 5 heteroatoms. The normalized spacial score (nSPS) is 11.1. The number of amides is 1.